The lowest BCUT2D eigenvalue weighted by Gasteiger charge is -2.37. The third-order valence-corrected chi connectivity index (χ3v) is 5.33. The molecule has 0 bridgehead atoms. The fourth-order valence-corrected chi connectivity index (χ4v) is 4.04. The molecule has 6 nitrogen and oxygen atoms in total. The molecule has 2 amide bonds. The molecule has 3 heterocycles. The van der Waals surface area contributed by atoms with Crippen LogP contribution in [0.3, 0.4) is 0 Å². The van der Waals surface area contributed by atoms with Gasteiger partial charge in [-0.3, -0.25) is 19.5 Å². The molecule has 4 rings (SSSR count). The van der Waals surface area contributed by atoms with E-state index in [1.54, 1.807) is 42.7 Å². The molecule has 150 valence electrons. The molecule has 0 aliphatic carbocycles. The summed E-state index contributed by atoms with van der Waals surface area (Å²) in [5, 5.41) is 0.577. The van der Waals surface area contributed by atoms with E-state index < -0.39 is 0 Å². The Morgan fingerprint density at radius 3 is 2.38 bits per heavy atom. The van der Waals surface area contributed by atoms with Crippen LogP contribution in [0.15, 0.2) is 54.5 Å². The van der Waals surface area contributed by atoms with E-state index >= 15 is 0 Å². The van der Waals surface area contributed by atoms with Crippen LogP contribution in [0.25, 0.3) is 5.57 Å². The number of imide groups is 1. The third kappa shape index (κ3) is 3.91. The summed E-state index contributed by atoms with van der Waals surface area (Å²) in [7, 11) is 0. The zero-order valence-corrected chi connectivity index (χ0v) is 17.1. The summed E-state index contributed by atoms with van der Waals surface area (Å²) in [5.74, 6) is -0.590. The van der Waals surface area contributed by atoms with Crippen molar-refractivity contribution in [3.8, 4) is 0 Å². The molecule has 29 heavy (non-hydrogen) atoms. The minimum atomic E-state index is -0.303. The first kappa shape index (κ1) is 19.6. The molecule has 2 aliphatic heterocycles. The number of carbonyl (C=O) groups excluding carboxylic acids is 2. The van der Waals surface area contributed by atoms with Gasteiger partial charge in [-0.2, -0.15) is 0 Å². The number of nitrogens with zero attached hydrogens (tertiary/aromatic N) is 3. The predicted molar refractivity (Wildman–Crippen MR) is 110 cm³/mol. The molecular formula is C22H22ClN3O3. The van der Waals surface area contributed by atoms with Gasteiger partial charge in [-0.05, 0) is 43.2 Å². The molecule has 1 fully saturated rings. The Kier molecular flexibility index (Phi) is 5.39. The van der Waals surface area contributed by atoms with Crippen molar-refractivity contribution in [2.75, 3.05) is 13.1 Å². The van der Waals surface area contributed by atoms with Crippen molar-refractivity contribution in [1.82, 2.24) is 14.8 Å². The van der Waals surface area contributed by atoms with Gasteiger partial charge in [0, 0.05) is 30.5 Å². The van der Waals surface area contributed by atoms with Gasteiger partial charge in [-0.15, -0.1) is 0 Å². The Morgan fingerprint density at radius 1 is 1.07 bits per heavy atom. The Balaban J connectivity index is 1.75. The lowest BCUT2D eigenvalue weighted by Crippen LogP contribution is -2.46. The fourth-order valence-electron chi connectivity index (χ4n) is 3.91. The fraction of sp³-hybridized carbons (Fsp3) is 0.318. The highest BCUT2D eigenvalue weighted by Crippen LogP contribution is 2.34. The SMILES string of the molecule is CC1CN(C2=C(c3ccc(Cl)cc3)C(=O)N(Cc3cccnc3)C2=O)CC(C)O1. The van der Waals surface area contributed by atoms with Gasteiger partial charge >= 0.3 is 0 Å². The number of ether oxygens (including phenoxy) is 1. The number of halogens is 1. The average molecular weight is 412 g/mol. The molecule has 0 N–H and O–H groups in total. The van der Waals surface area contributed by atoms with E-state index in [1.807, 2.05) is 24.8 Å². The zero-order valence-electron chi connectivity index (χ0n) is 16.3. The summed E-state index contributed by atoms with van der Waals surface area (Å²) < 4.78 is 5.82. The topological polar surface area (TPSA) is 62.7 Å². The van der Waals surface area contributed by atoms with Crippen LogP contribution in [-0.4, -0.2) is 51.9 Å². The van der Waals surface area contributed by atoms with Crippen LogP contribution >= 0.6 is 11.6 Å². The van der Waals surface area contributed by atoms with E-state index in [1.165, 1.54) is 4.90 Å². The summed E-state index contributed by atoms with van der Waals surface area (Å²) in [6.07, 6.45) is 3.26. The average Bonchev–Trinajstić information content (AvgIpc) is 2.93. The van der Waals surface area contributed by atoms with E-state index in [0.29, 0.717) is 34.9 Å². The van der Waals surface area contributed by atoms with Crippen molar-refractivity contribution in [3.05, 3.63) is 70.6 Å². The molecule has 2 atom stereocenters. The van der Waals surface area contributed by atoms with Crippen LogP contribution in [0.5, 0.6) is 0 Å². The smallest absolute Gasteiger partial charge is 0.278 e. The van der Waals surface area contributed by atoms with Crippen molar-refractivity contribution in [2.24, 2.45) is 0 Å². The van der Waals surface area contributed by atoms with Gasteiger partial charge in [0.25, 0.3) is 11.8 Å². The van der Waals surface area contributed by atoms with Gasteiger partial charge in [0.2, 0.25) is 0 Å². The maximum atomic E-state index is 13.4. The van der Waals surface area contributed by atoms with Crippen LogP contribution in [0.4, 0.5) is 0 Å². The van der Waals surface area contributed by atoms with E-state index in [-0.39, 0.29) is 30.6 Å². The number of amides is 2. The van der Waals surface area contributed by atoms with E-state index in [2.05, 4.69) is 4.98 Å². The van der Waals surface area contributed by atoms with E-state index in [4.69, 9.17) is 16.3 Å². The number of aromatic nitrogens is 1. The van der Waals surface area contributed by atoms with Crippen molar-refractivity contribution in [2.45, 2.75) is 32.6 Å². The lowest BCUT2D eigenvalue weighted by molar-refractivity contribution is -0.139. The molecule has 0 spiro atoms. The molecule has 1 aromatic carbocycles. The number of carbonyl (C=O) groups is 2. The van der Waals surface area contributed by atoms with Crippen LogP contribution in [0, 0.1) is 0 Å². The number of pyridine rings is 1. The second-order valence-electron chi connectivity index (χ2n) is 7.45. The number of benzene rings is 1. The highest BCUT2D eigenvalue weighted by Gasteiger charge is 2.43. The van der Waals surface area contributed by atoms with Gasteiger partial charge < -0.3 is 9.64 Å². The zero-order chi connectivity index (χ0) is 20.5. The Morgan fingerprint density at radius 2 is 1.76 bits per heavy atom. The number of hydrogen-bond donors (Lipinski definition) is 0. The van der Waals surface area contributed by atoms with Gasteiger partial charge in [0.1, 0.15) is 5.70 Å². The lowest BCUT2D eigenvalue weighted by atomic mass is 10.0. The molecule has 1 saturated heterocycles. The van der Waals surface area contributed by atoms with Crippen LogP contribution < -0.4 is 0 Å². The summed E-state index contributed by atoms with van der Waals surface area (Å²) >= 11 is 6.03. The minimum Gasteiger partial charge on any atom is -0.372 e. The molecular weight excluding hydrogens is 390 g/mol. The van der Waals surface area contributed by atoms with Crippen LogP contribution in [-0.2, 0) is 20.9 Å². The highest BCUT2D eigenvalue weighted by molar-refractivity contribution is 6.35. The summed E-state index contributed by atoms with van der Waals surface area (Å²) in [6.45, 7) is 5.23. The van der Waals surface area contributed by atoms with Crippen molar-refractivity contribution in [3.63, 3.8) is 0 Å². The quantitative estimate of drug-likeness (QED) is 0.723. The van der Waals surface area contributed by atoms with Gasteiger partial charge in [-0.25, -0.2) is 0 Å². The second kappa shape index (κ2) is 7.97. The molecule has 0 radical (unpaired) electrons. The molecule has 2 aliphatic rings. The first-order valence-electron chi connectivity index (χ1n) is 9.59. The molecule has 2 aromatic rings. The maximum absolute atomic E-state index is 13.4. The number of hydrogen-bond acceptors (Lipinski definition) is 5. The Bertz CT molecular complexity index is 949. The van der Waals surface area contributed by atoms with E-state index in [9.17, 15) is 9.59 Å². The minimum absolute atomic E-state index is 0.0343. The molecule has 1 aromatic heterocycles. The molecule has 7 heteroatoms. The molecule has 0 saturated carbocycles. The number of morpholine rings is 1. The normalized spacial score (nSPS) is 22.6. The van der Waals surface area contributed by atoms with Gasteiger partial charge in [0.15, 0.2) is 0 Å². The maximum Gasteiger partial charge on any atom is 0.278 e. The van der Waals surface area contributed by atoms with Crippen molar-refractivity contribution >= 4 is 29.0 Å². The second-order valence-corrected chi connectivity index (χ2v) is 7.89. The van der Waals surface area contributed by atoms with Gasteiger partial charge in [0.05, 0.1) is 24.3 Å². The Labute approximate surface area is 174 Å². The molecule has 2 unspecified atom stereocenters. The first-order valence-corrected chi connectivity index (χ1v) is 9.97. The highest BCUT2D eigenvalue weighted by atomic mass is 35.5. The van der Waals surface area contributed by atoms with Crippen LogP contribution in [0.1, 0.15) is 25.0 Å². The summed E-state index contributed by atoms with van der Waals surface area (Å²) in [4.78, 5) is 34.1. The van der Waals surface area contributed by atoms with Crippen LogP contribution in [0.2, 0.25) is 5.02 Å². The third-order valence-electron chi connectivity index (χ3n) is 5.08. The summed E-state index contributed by atoms with van der Waals surface area (Å²) in [6, 6.07) is 10.7. The largest absolute Gasteiger partial charge is 0.372 e. The first-order chi connectivity index (χ1) is 13.9. The standard InChI is InChI=1S/C22H22ClN3O3/c1-14-11-25(12-15(2)29-14)20-19(17-5-7-18(23)8-6-17)21(27)26(22(20)28)13-16-4-3-9-24-10-16/h3-10,14-15H,11-13H2,1-2H3. The van der Waals surface area contributed by atoms with Gasteiger partial charge in [-0.1, -0.05) is 29.8 Å². The number of rotatable bonds is 4. The van der Waals surface area contributed by atoms with E-state index in [0.717, 1.165) is 5.56 Å². The van der Waals surface area contributed by atoms with Crippen molar-refractivity contribution in [1.29, 1.82) is 0 Å². The Hall–Kier alpha value is -2.70. The summed E-state index contributed by atoms with van der Waals surface area (Å²) in [5.41, 5.74) is 2.33. The monoisotopic (exact) mass is 411 g/mol. The van der Waals surface area contributed by atoms with Crippen molar-refractivity contribution < 1.29 is 14.3 Å². The predicted octanol–water partition coefficient (Wildman–Crippen LogP) is 3.12.